The molecule has 1 atom stereocenters. The highest BCUT2D eigenvalue weighted by atomic mass is 16.5. The molecule has 2 aliphatic rings. The third kappa shape index (κ3) is 4.01. The second-order valence-electron chi connectivity index (χ2n) is 7.47. The van der Waals surface area contributed by atoms with E-state index < -0.39 is 0 Å². The lowest BCUT2D eigenvalue weighted by Gasteiger charge is -2.46. The average molecular weight is 359 g/mol. The van der Waals surface area contributed by atoms with Gasteiger partial charge in [0.05, 0.1) is 11.6 Å². The maximum absolute atomic E-state index is 12.6. The molecule has 1 N–H and O–H groups in total. The van der Waals surface area contributed by atoms with Crippen LogP contribution in [0.25, 0.3) is 0 Å². The van der Waals surface area contributed by atoms with Crippen molar-refractivity contribution in [3.63, 3.8) is 0 Å². The fourth-order valence-corrected chi connectivity index (χ4v) is 3.71. The normalized spacial score (nSPS) is 21.0. The Hall–Kier alpha value is -2.08. The van der Waals surface area contributed by atoms with Gasteiger partial charge in [0.15, 0.2) is 0 Å². The van der Waals surface area contributed by atoms with Crippen LogP contribution < -0.4 is 5.32 Å². The Kier molecular flexibility index (Phi) is 5.51. The fourth-order valence-electron chi connectivity index (χ4n) is 3.71. The van der Waals surface area contributed by atoms with E-state index in [1.54, 1.807) is 4.90 Å². The number of hydrogen-bond acceptors (Lipinski definition) is 3. The average Bonchev–Trinajstić information content (AvgIpc) is 2.65. The van der Waals surface area contributed by atoms with Crippen molar-refractivity contribution >= 4 is 11.9 Å². The summed E-state index contributed by atoms with van der Waals surface area (Å²) in [5.41, 5.74) is 2.12. The van der Waals surface area contributed by atoms with Crippen molar-refractivity contribution < 1.29 is 14.3 Å². The van der Waals surface area contributed by atoms with Crippen LogP contribution in [0.1, 0.15) is 43.9 Å². The molecule has 0 aliphatic carbocycles. The van der Waals surface area contributed by atoms with E-state index in [1.165, 1.54) is 5.56 Å². The van der Waals surface area contributed by atoms with E-state index >= 15 is 0 Å². The number of amides is 3. The number of ether oxygens (including phenoxy) is 1. The van der Waals surface area contributed by atoms with Gasteiger partial charge in [0, 0.05) is 26.7 Å². The number of urea groups is 1. The molecule has 0 unspecified atom stereocenters. The van der Waals surface area contributed by atoms with E-state index in [0.29, 0.717) is 19.6 Å². The summed E-state index contributed by atoms with van der Waals surface area (Å²) in [7, 11) is 1.82. The summed E-state index contributed by atoms with van der Waals surface area (Å²) in [6.07, 6.45) is 2.54. The SMILES string of the molecule is CCc1ccc([C@@H](C)NC(=O)N2CCC3(CC2)CN(C)C(=O)CO3)cc1. The van der Waals surface area contributed by atoms with Crippen LogP contribution in [0.4, 0.5) is 4.79 Å². The molecule has 3 amide bonds. The predicted molar refractivity (Wildman–Crippen MR) is 99.9 cm³/mol. The number of likely N-dealkylation sites (N-methyl/N-ethyl adjacent to an activating group) is 1. The number of hydrogen-bond donors (Lipinski definition) is 1. The molecule has 142 valence electrons. The Morgan fingerprint density at radius 3 is 2.50 bits per heavy atom. The zero-order valence-electron chi connectivity index (χ0n) is 16.0. The highest BCUT2D eigenvalue weighted by Crippen LogP contribution is 2.30. The first-order chi connectivity index (χ1) is 12.4. The van der Waals surface area contributed by atoms with Gasteiger partial charge in [0.2, 0.25) is 5.91 Å². The molecule has 6 nitrogen and oxygen atoms in total. The highest BCUT2D eigenvalue weighted by molar-refractivity contribution is 5.78. The molecule has 6 heteroatoms. The number of morpholine rings is 1. The standard InChI is InChI=1S/C20H29N3O3/c1-4-16-5-7-17(8-6-16)15(2)21-19(25)23-11-9-20(10-12-23)14-22(3)18(24)13-26-20/h5-8,15H,4,9-14H2,1-3H3,(H,21,25)/t15-/m1/s1. The Labute approximate surface area is 155 Å². The van der Waals surface area contributed by atoms with Crippen molar-refractivity contribution in [2.24, 2.45) is 0 Å². The molecule has 2 aliphatic heterocycles. The first-order valence-corrected chi connectivity index (χ1v) is 9.45. The number of carbonyl (C=O) groups is 2. The van der Waals surface area contributed by atoms with E-state index in [4.69, 9.17) is 4.74 Å². The van der Waals surface area contributed by atoms with Gasteiger partial charge in [0.25, 0.3) is 0 Å². The summed E-state index contributed by atoms with van der Waals surface area (Å²) >= 11 is 0. The molecule has 1 aromatic rings. The number of rotatable bonds is 3. The molecule has 1 aromatic carbocycles. The summed E-state index contributed by atoms with van der Waals surface area (Å²) in [6.45, 7) is 6.20. The summed E-state index contributed by atoms with van der Waals surface area (Å²) in [5, 5.41) is 3.09. The van der Waals surface area contributed by atoms with Gasteiger partial charge in [-0.05, 0) is 37.3 Å². The van der Waals surface area contributed by atoms with Crippen molar-refractivity contribution in [3.05, 3.63) is 35.4 Å². The number of likely N-dealkylation sites (tertiary alicyclic amines) is 1. The van der Waals surface area contributed by atoms with Gasteiger partial charge in [-0.2, -0.15) is 0 Å². The van der Waals surface area contributed by atoms with Crippen molar-refractivity contribution in [3.8, 4) is 0 Å². The molecule has 26 heavy (non-hydrogen) atoms. The minimum atomic E-state index is -0.291. The monoisotopic (exact) mass is 359 g/mol. The van der Waals surface area contributed by atoms with Crippen molar-refractivity contribution in [2.45, 2.75) is 44.8 Å². The Balaban J connectivity index is 1.52. The van der Waals surface area contributed by atoms with E-state index in [1.807, 2.05) is 18.9 Å². The molecular weight excluding hydrogens is 330 g/mol. The van der Waals surface area contributed by atoms with Gasteiger partial charge in [0.1, 0.15) is 6.61 Å². The summed E-state index contributed by atoms with van der Waals surface area (Å²) in [5.74, 6) is 0.0266. The summed E-state index contributed by atoms with van der Waals surface area (Å²) in [6, 6.07) is 8.32. The molecule has 0 bridgehead atoms. The van der Waals surface area contributed by atoms with Crippen molar-refractivity contribution in [1.82, 2.24) is 15.1 Å². The van der Waals surface area contributed by atoms with Crippen LogP contribution in [0.2, 0.25) is 0 Å². The van der Waals surface area contributed by atoms with E-state index in [0.717, 1.165) is 24.8 Å². The first-order valence-electron chi connectivity index (χ1n) is 9.45. The van der Waals surface area contributed by atoms with Crippen LogP contribution in [0.3, 0.4) is 0 Å². The predicted octanol–water partition coefficient (Wildman–Crippen LogP) is 2.34. The molecule has 0 aromatic heterocycles. The topological polar surface area (TPSA) is 61.9 Å². The zero-order valence-corrected chi connectivity index (χ0v) is 16.0. The number of benzene rings is 1. The second kappa shape index (κ2) is 7.66. The Morgan fingerprint density at radius 1 is 1.27 bits per heavy atom. The lowest BCUT2D eigenvalue weighted by atomic mass is 9.89. The zero-order chi connectivity index (χ0) is 18.7. The largest absolute Gasteiger partial charge is 0.363 e. The van der Waals surface area contributed by atoms with Crippen molar-refractivity contribution in [2.75, 3.05) is 33.3 Å². The van der Waals surface area contributed by atoms with Crippen LogP contribution in [0.15, 0.2) is 24.3 Å². The molecule has 2 saturated heterocycles. The van der Waals surface area contributed by atoms with Gasteiger partial charge < -0.3 is 19.9 Å². The van der Waals surface area contributed by atoms with Crippen LogP contribution in [0, 0.1) is 0 Å². The first kappa shape index (κ1) is 18.7. The lowest BCUT2D eigenvalue weighted by molar-refractivity contribution is -0.167. The number of piperidine rings is 1. The minimum absolute atomic E-state index is 0.0266. The van der Waals surface area contributed by atoms with Gasteiger partial charge >= 0.3 is 6.03 Å². The third-order valence-corrected chi connectivity index (χ3v) is 5.64. The van der Waals surface area contributed by atoms with Crippen LogP contribution in [0.5, 0.6) is 0 Å². The molecule has 0 radical (unpaired) electrons. The molecule has 0 saturated carbocycles. The summed E-state index contributed by atoms with van der Waals surface area (Å²) in [4.78, 5) is 27.8. The molecule has 2 fully saturated rings. The third-order valence-electron chi connectivity index (χ3n) is 5.64. The van der Waals surface area contributed by atoms with E-state index in [9.17, 15) is 9.59 Å². The fraction of sp³-hybridized carbons (Fsp3) is 0.600. The van der Waals surface area contributed by atoms with Crippen LogP contribution in [-0.2, 0) is 16.0 Å². The van der Waals surface area contributed by atoms with Crippen LogP contribution in [-0.4, -0.2) is 60.6 Å². The minimum Gasteiger partial charge on any atom is -0.363 e. The molecule has 1 spiro atoms. The Morgan fingerprint density at radius 2 is 1.92 bits per heavy atom. The number of nitrogens with zero attached hydrogens (tertiary/aromatic N) is 2. The highest BCUT2D eigenvalue weighted by Gasteiger charge is 2.42. The smallest absolute Gasteiger partial charge is 0.317 e. The maximum Gasteiger partial charge on any atom is 0.317 e. The maximum atomic E-state index is 12.6. The van der Waals surface area contributed by atoms with Crippen LogP contribution >= 0.6 is 0 Å². The summed E-state index contributed by atoms with van der Waals surface area (Å²) < 4.78 is 5.84. The quantitative estimate of drug-likeness (QED) is 0.901. The van der Waals surface area contributed by atoms with Crippen molar-refractivity contribution in [1.29, 1.82) is 0 Å². The number of aryl methyl sites for hydroxylation is 1. The Bertz CT molecular complexity index is 651. The van der Waals surface area contributed by atoms with Gasteiger partial charge in [-0.25, -0.2) is 4.79 Å². The lowest BCUT2D eigenvalue weighted by Crippen LogP contribution is -2.59. The van der Waals surface area contributed by atoms with E-state index in [2.05, 4.69) is 36.5 Å². The molecule has 3 rings (SSSR count). The molecular formula is C20H29N3O3. The van der Waals surface area contributed by atoms with Gasteiger partial charge in [-0.15, -0.1) is 0 Å². The van der Waals surface area contributed by atoms with E-state index in [-0.39, 0.29) is 30.2 Å². The van der Waals surface area contributed by atoms with Gasteiger partial charge in [-0.3, -0.25) is 4.79 Å². The number of carbonyl (C=O) groups excluding carboxylic acids is 2. The number of nitrogens with one attached hydrogen (secondary N) is 1. The molecule has 2 heterocycles. The second-order valence-corrected chi connectivity index (χ2v) is 7.47. The van der Waals surface area contributed by atoms with Gasteiger partial charge in [-0.1, -0.05) is 31.2 Å².